The molecular formula is C19H30IN5O. The average molecular weight is 471 g/mol. The van der Waals surface area contributed by atoms with Gasteiger partial charge in [0.1, 0.15) is 11.3 Å². The number of guanidine groups is 1. The zero-order valence-corrected chi connectivity index (χ0v) is 18.4. The number of furan rings is 1. The molecule has 2 aromatic rings. The number of halogens is 1. The molecule has 2 N–H and O–H groups in total. The summed E-state index contributed by atoms with van der Waals surface area (Å²) in [7, 11) is 6.17. The number of para-hydroxylation sites is 1. The Morgan fingerprint density at radius 3 is 2.81 bits per heavy atom. The Labute approximate surface area is 173 Å². The number of piperazine rings is 1. The standard InChI is InChI=1S/C19H29N5O.HI/c1-14(18-11-15-7-5-6-8-17(15)25-18)22-19(20-2)21-12-16-13-23(3)9-10-24(16)4;/h5-8,11,14,16H,9-10,12-13H2,1-4H3,(H2,20,21,22);1H. The molecule has 1 aliphatic rings. The van der Waals surface area contributed by atoms with Crippen LogP contribution in [0.2, 0.25) is 0 Å². The molecule has 1 aliphatic heterocycles. The molecule has 0 spiro atoms. The first-order valence-corrected chi connectivity index (χ1v) is 8.91. The fraction of sp³-hybridized carbons (Fsp3) is 0.526. The van der Waals surface area contributed by atoms with Crippen LogP contribution in [0.15, 0.2) is 39.7 Å². The largest absolute Gasteiger partial charge is 0.459 e. The highest BCUT2D eigenvalue weighted by Gasteiger charge is 2.22. The van der Waals surface area contributed by atoms with Crippen molar-refractivity contribution in [3.63, 3.8) is 0 Å². The lowest BCUT2D eigenvalue weighted by Crippen LogP contribution is -2.55. The van der Waals surface area contributed by atoms with Crippen molar-refractivity contribution in [2.75, 3.05) is 47.3 Å². The number of hydrogen-bond acceptors (Lipinski definition) is 4. The third-order valence-corrected chi connectivity index (χ3v) is 4.93. The molecule has 2 atom stereocenters. The highest BCUT2D eigenvalue weighted by Crippen LogP contribution is 2.23. The second kappa shape index (κ2) is 9.57. The van der Waals surface area contributed by atoms with E-state index in [1.165, 1.54) is 0 Å². The van der Waals surface area contributed by atoms with Gasteiger partial charge in [0, 0.05) is 44.7 Å². The maximum Gasteiger partial charge on any atom is 0.191 e. The smallest absolute Gasteiger partial charge is 0.191 e. The number of nitrogens with zero attached hydrogens (tertiary/aromatic N) is 3. The quantitative estimate of drug-likeness (QED) is 0.408. The van der Waals surface area contributed by atoms with Crippen LogP contribution < -0.4 is 10.6 Å². The Bertz CT molecular complexity index is 699. The normalized spacial score (nSPS) is 20.6. The third kappa shape index (κ3) is 5.11. The summed E-state index contributed by atoms with van der Waals surface area (Å²) in [5.74, 6) is 1.72. The Morgan fingerprint density at radius 1 is 1.31 bits per heavy atom. The maximum atomic E-state index is 5.94. The molecule has 144 valence electrons. The van der Waals surface area contributed by atoms with Gasteiger partial charge < -0.3 is 20.0 Å². The van der Waals surface area contributed by atoms with Gasteiger partial charge >= 0.3 is 0 Å². The summed E-state index contributed by atoms with van der Waals surface area (Å²) in [5, 5.41) is 8.00. The van der Waals surface area contributed by atoms with E-state index in [1.54, 1.807) is 7.05 Å². The number of hydrogen-bond donors (Lipinski definition) is 2. The zero-order chi connectivity index (χ0) is 17.8. The van der Waals surface area contributed by atoms with Gasteiger partial charge in [-0.2, -0.15) is 0 Å². The van der Waals surface area contributed by atoms with E-state index < -0.39 is 0 Å². The summed E-state index contributed by atoms with van der Waals surface area (Å²) in [4.78, 5) is 9.14. The predicted molar refractivity (Wildman–Crippen MR) is 118 cm³/mol. The van der Waals surface area contributed by atoms with Crippen molar-refractivity contribution in [1.29, 1.82) is 0 Å². The molecule has 7 heteroatoms. The zero-order valence-electron chi connectivity index (χ0n) is 16.0. The molecular weight excluding hydrogens is 441 g/mol. The molecule has 0 radical (unpaired) electrons. The Balaban J connectivity index is 0.00000243. The van der Waals surface area contributed by atoms with Crippen molar-refractivity contribution >= 4 is 40.9 Å². The first kappa shape index (κ1) is 21.0. The van der Waals surface area contributed by atoms with E-state index >= 15 is 0 Å². The van der Waals surface area contributed by atoms with E-state index in [2.05, 4.69) is 58.6 Å². The number of aliphatic imine (C=N–C) groups is 1. The number of rotatable bonds is 4. The van der Waals surface area contributed by atoms with Gasteiger partial charge in [-0.25, -0.2) is 0 Å². The molecule has 0 amide bonds. The summed E-state index contributed by atoms with van der Waals surface area (Å²) < 4.78 is 5.94. The lowest BCUT2D eigenvalue weighted by molar-refractivity contribution is 0.116. The Hall–Kier alpha value is -1.32. The minimum absolute atomic E-state index is 0. The van der Waals surface area contributed by atoms with Crippen LogP contribution >= 0.6 is 24.0 Å². The van der Waals surface area contributed by atoms with Crippen molar-refractivity contribution in [1.82, 2.24) is 20.4 Å². The summed E-state index contributed by atoms with van der Waals surface area (Å²) in [6, 6.07) is 10.7. The lowest BCUT2D eigenvalue weighted by atomic mass is 10.2. The van der Waals surface area contributed by atoms with Crippen LogP contribution in [0.1, 0.15) is 18.7 Å². The van der Waals surface area contributed by atoms with E-state index in [-0.39, 0.29) is 30.0 Å². The van der Waals surface area contributed by atoms with Crippen molar-refractivity contribution in [3.8, 4) is 0 Å². The molecule has 2 unspecified atom stereocenters. The molecule has 0 aliphatic carbocycles. The topological polar surface area (TPSA) is 56.0 Å². The van der Waals surface area contributed by atoms with E-state index in [0.717, 1.165) is 48.9 Å². The maximum absolute atomic E-state index is 5.94. The number of likely N-dealkylation sites (N-methyl/N-ethyl adjacent to an activating group) is 2. The van der Waals surface area contributed by atoms with Crippen LogP contribution in [0.5, 0.6) is 0 Å². The highest BCUT2D eigenvalue weighted by atomic mass is 127. The van der Waals surface area contributed by atoms with Gasteiger partial charge in [0.2, 0.25) is 0 Å². The van der Waals surface area contributed by atoms with Gasteiger partial charge in [0.15, 0.2) is 5.96 Å². The number of benzene rings is 1. The predicted octanol–water partition coefficient (Wildman–Crippen LogP) is 2.52. The Kier molecular flexibility index (Phi) is 7.72. The fourth-order valence-electron chi connectivity index (χ4n) is 3.22. The van der Waals surface area contributed by atoms with E-state index in [4.69, 9.17) is 4.42 Å². The summed E-state index contributed by atoms with van der Waals surface area (Å²) in [6.45, 7) is 6.26. The van der Waals surface area contributed by atoms with Crippen molar-refractivity contribution in [3.05, 3.63) is 36.1 Å². The molecule has 6 nitrogen and oxygen atoms in total. The van der Waals surface area contributed by atoms with E-state index in [1.807, 2.05) is 18.2 Å². The molecule has 1 fully saturated rings. The number of nitrogens with one attached hydrogen (secondary N) is 2. The molecule has 1 aromatic heterocycles. The summed E-state index contributed by atoms with van der Waals surface area (Å²) >= 11 is 0. The van der Waals surface area contributed by atoms with Crippen LogP contribution in [-0.4, -0.2) is 69.1 Å². The van der Waals surface area contributed by atoms with Gasteiger partial charge in [-0.3, -0.25) is 9.89 Å². The van der Waals surface area contributed by atoms with Crippen molar-refractivity contribution in [2.45, 2.75) is 19.0 Å². The molecule has 26 heavy (non-hydrogen) atoms. The Morgan fingerprint density at radius 2 is 2.08 bits per heavy atom. The molecule has 1 aromatic carbocycles. The monoisotopic (exact) mass is 471 g/mol. The second-order valence-corrected chi connectivity index (χ2v) is 6.90. The lowest BCUT2D eigenvalue weighted by Gasteiger charge is -2.38. The first-order valence-electron chi connectivity index (χ1n) is 8.91. The molecule has 1 saturated heterocycles. The minimum atomic E-state index is 0. The van der Waals surface area contributed by atoms with Crippen LogP contribution in [-0.2, 0) is 0 Å². The summed E-state index contributed by atoms with van der Waals surface area (Å²) in [6.07, 6.45) is 0. The van der Waals surface area contributed by atoms with Gasteiger partial charge in [0.05, 0.1) is 6.04 Å². The minimum Gasteiger partial charge on any atom is -0.459 e. The second-order valence-electron chi connectivity index (χ2n) is 6.90. The number of fused-ring (bicyclic) bond motifs is 1. The third-order valence-electron chi connectivity index (χ3n) is 4.93. The van der Waals surface area contributed by atoms with Gasteiger partial charge in [-0.05, 0) is 33.2 Å². The fourth-order valence-corrected chi connectivity index (χ4v) is 3.22. The van der Waals surface area contributed by atoms with Crippen molar-refractivity contribution < 1.29 is 4.42 Å². The summed E-state index contributed by atoms with van der Waals surface area (Å²) in [5.41, 5.74) is 0.918. The van der Waals surface area contributed by atoms with Crippen LogP contribution in [0.25, 0.3) is 11.0 Å². The molecule has 3 rings (SSSR count). The van der Waals surface area contributed by atoms with E-state index in [0.29, 0.717) is 6.04 Å². The molecule has 0 bridgehead atoms. The molecule has 2 heterocycles. The first-order chi connectivity index (χ1) is 12.1. The SMILES string of the molecule is CN=C(NCC1CN(C)CCN1C)NC(C)c1cc2ccccc2o1.I. The van der Waals surface area contributed by atoms with Crippen LogP contribution in [0.3, 0.4) is 0 Å². The average Bonchev–Trinajstić information content (AvgIpc) is 3.05. The molecule has 0 saturated carbocycles. The van der Waals surface area contributed by atoms with Gasteiger partial charge in [-0.15, -0.1) is 24.0 Å². The van der Waals surface area contributed by atoms with Crippen LogP contribution in [0, 0.1) is 0 Å². The van der Waals surface area contributed by atoms with Gasteiger partial charge in [-0.1, -0.05) is 18.2 Å². The highest BCUT2D eigenvalue weighted by molar-refractivity contribution is 14.0. The van der Waals surface area contributed by atoms with Crippen LogP contribution in [0.4, 0.5) is 0 Å². The van der Waals surface area contributed by atoms with E-state index in [9.17, 15) is 0 Å². The van der Waals surface area contributed by atoms with Gasteiger partial charge in [0.25, 0.3) is 0 Å². The van der Waals surface area contributed by atoms with Crippen molar-refractivity contribution in [2.24, 2.45) is 4.99 Å².